The summed E-state index contributed by atoms with van der Waals surface area (Å²) in [5.74, 6) is -0.0605. The summed E-state index contributed by atoms with van der Waals surface area (Å²) in [4.78, 5) is 23.4. The molecule has 37 heavy (non-hydrogen) atoms. The smallest absolute Gasteiger partial charge is 0.254 e. The number of imidazole rings is 1. The van der Waals surface area contributed by atoms with Crippen molar-refractivity contribution in [2.45, 2.75) is 32.6 Å². The molecule has 3 N–H and O–H groups in total. The highest BCUT2D eigenvalue weighted by atomic mass is 19.1. The summed E-state index contributed by atoms with van der Waals surface area (Å²) in [6, 6.07) is 6.49. The first-order valence-electron chi connectivity index (χ1n) is 12.1. The second kappa shape index (κ2) is 10.2. The molecule has 1 fully saturated rings. The predicted molar refractivity (Wildman–Crippen MR) is 140 cm³/mol. The molecule has 2 atom stereocenters. The average molecular weight is 505 g/mol. The van der Waals surface area contributed by atoms with Crippen molar-refractivity contribution in [1.29, 1.82) is 0 Å². The maximum absolute atomic E-state index is 13.6. The van der Waals surface area contributed by atoms with E-state index in [0.29, 0.717) is 42.4 Å². The van der Waals surface area contributed by atoms with Gasteiger partial charge in [0.25, 0.3) is 5.91 Å². The molecule has 192 valence electrons. The fraction of sp³-hybridized carbons (Fsp3) is 0.296. The zero-order chi connectivity index (χ0) is 26.1. The van der Waals surface area contributed by atoms with Crippen molar-refractivity contribution in [2.24, 2.45) is 4.99 Å². The van der Waals surface area contributed by atoms with Crippen molar-refractivity contribution < 1.29 is 19.0 Å². The van der Waals surface area contributed by atoms with E-state index in [1.807, 2.05) is 25.1 Å². The van der Waals surface area contributed by atoms with Crippen LogP contribution in [0.4, 0.5) is 10.1 Å². The number of rotatable bonds is 7. The van der Waals surface area contributed by atoms with Gasteiger partial charge in [-0.25, -0.2) is 14.4 Å². The van der Waals surface area contributed by atoms with Crippen LogP contribution in [-0.4, -0.2) is 63.9 Å². The number of aliphatic hydroxyl groups excluding tert-OH is 1. The van der Waals surface area contributed by atoms with Gasteiger partial charge < -0.3 is 25.4 Å². The molecule has 2 aromatic heterocycles. The zero-order valence-corrected chi connectivity index (χ0v) is 20.7. The largest absolute Gasteiger partial charge is 0.391 e. The number of morpholine rings is 1. The van der Waals surface area contributed by atoms with Gasteiger partial charge in [-0.05, 0) is 50.4 Å². The number of ether oxygens (including phenoxy) is 1. The summed E-state index contributed by atoms with van der Waals surface area (Å²) < 4.78 is 21.1. The summed E-state index contributed by atoms with van der Waals surface area (Å²) in [5, 5.41) is 16.0. The average Bonchev–Trinajstić information content (AvgIpc) is 3.50. The van der Waals surface area contributed by atoms with Crippen molar-refractivity contribution in [3.8, 4) is 11.3 Å². The lowest BCUT2D eigenvalue weighted by molar-refractivity contribution is -0.0747. The number of nitrogens with zero attached hydrogens (tertiary/aromatic N) is 4. The molecule has 0 bridgehead atoms. The molecule has 9 nitrogen and oxygen atoms in total. The molecular weight excluding hydrogens is 475 g/mol. The van der Waals surface area contributed by atoms with Crippen LogP contribution in [0.2, 0.25) is 0 Å². The van der Waals surface area contributed by atoms with E-state index in [1.165, 1.54) is 12.1 Å². The summed E-state index contributed by atoms with van der Waals surface area (Å²) >= 11 is 0. The fourth-order valence-electron chi connectivity index (χ4n) is 4.71. The van der Waals surface area contributed by atoms with Crippen molar-refractivity contribution in [3.63, 3.8) is 0 Å². The number of hydrogen-bond acceptors (Lipinski definition) is 7. The molecule has 1 aromatic carbocycles. The number of fused-ring (bicyclic) bond motifs is 2. The van der Waals surface area contributed by atoms with Gasteiger partial charge in [0, 0.05) is 43.2 Å². The van der Waals surface area contributed by atoms with Crippen LogP contribution < -0.4 is 10.6 Å². The van der Waals surface area contributed by atoms with E-state index >= 15 is 0 Å². The van der Waals surface area contributed by atoms with Crippen LogP contribution in [0.25, 0.3) is 16.9 Å². The minimum atomic E-state index is -0.545. The molecule has 10 heteroatoms. The Hall–Kier alpha value is -4.02. The molecule has 0 spiro atoms. The number of pyridine rings is 1. The first-order chi connectivity index (χ1) is 17.9. The van der Waals surface area contributed by atoms with Gasteiger partial charge in [0.15, 0.2) is 0 Å². The number of benzene rings is 1. The van der Waals surface area contributed by atoms with Gasteiger partial charge in [0.2, 0.25) is 0 Å². The SMILES string of the molecule is C=N/C(=C\C=C(/C)N1CCO[C@H]([C@H](C)O)C1)Nc1ccc(-c2cnc3cc(F)ccn23)c2c1C(=O)NC2. The van der Waals surface area contributed by atoms with Gasteiger partial charge in [-0.3, -0.25) is 9.20 Å². The van der Waals surface area contributed by atoms with Crippen LogP contribution in [0.1, 0.15) is 29.8 Å². The van der Waals surface area contributed by atoms with Crippen LogP contribution in [0.15, 0.2) is 65.3 Å². The summed E-state index contributed by atoms with van der Waals surface area (Å²) in [6.07, 6.45) is 6.26. The van der Waals surface area contributed by atoms with Gasteiger partial charge >= 0.3 is 0 Å². The highest BCUT2D eigenvalue weighted by Gasteiger charge is 2.27. The Kier molecular flexibility index (Phi) is 6.77. The first-order valence-corrected chi connectivity index (χ1v) is 12.1. The van der Waals surface area contributed by atoms with Gasteiger partial charge in [0.1, 0.15) is 23.4 Å². The highest BCUT2D eigenvalue weighted by Crippen LogP contribution is 2.35. The van der Waals surface area contributed by atoms with Crippen LogP contribution in [0.5, 0.6) is 0 Å². The Morgan fingerprint density at radius 1 is 1.41 bits per heavy atom. The number of hydrogen-bond donors (Lipinski definition) is 3. The Morgan fingerprint density at radius 2 is 2.24 bits per heavy atom. The molecule has 4 heterocycles. The number of aliphatic hydroxyl groups is 1. The number of halogens is 1. The third kappa shape index (κ3) is 4.85. The molecule has 0 radical (unpaired) electrons. The standard InChI is InChI=1S/C27H29FN6O3/c1-16(33-10-11-37-23(15-33)17(2)35)4-7-24(29-3)32-21-6-5-19(20-13-31-27(36)26(20)21)22-14-30-25-12-18(28)8-9-34(22)25/h4-9,12,14,17,23,32,35H,3,10-11,13,15H2,1-2H3,(H,31,36)/b16-4+,24-7+/t17-,23-/m0/s1. The maximum Gasteiger partial charge on any atom is 0.254 e. The fourth-order valence-corrected chi connectivity index (χ4v) is 4.71. The first kappa shape index (κ1) is 24.7. The third-order valence-electron chi connectivity index (χ3n) is 6.76. The van der Waals surface area contributed by atoms with E-state index in [0.717, 1.165) is 29.1 Å². The summed E-state index contributed by atoms with van der Waals surface area (Å²) in [7, 11) is 0. The lowest BCUT2D eigenvalue weighted by Crippen LogP contribution is -2.45. The van der Waals surface area contributed by atoms with Crippen LogP contribution >= 0.6 is 0 Å². The van der Waals surface area contributed by atoms with Crippen LogP contribution in [0, 0.1) is 5.82 Å². The van der Waals surface area contributed by atoms with E-state index in [-0.39, 0.29) is 17.8 Å². The Morgan fingerprint density at radius 3 is 3.03 bits per heavy atom. The predicted octanol–water partition coefficient (Wildman–Crippen LogP) is 3.32. The Balaban J connectivity index is 1.43. The second-order valence-corrected chi connectivity index (χ2v) is 9.15. The van der Waals surface area contributed by atoms with Crippen LogP contribution in [0.3, 0.4) is 0 Å². The van der Waals surface area contributed by atoms with Crippen molar-refractivity contribution >= 4 is 24.0 Å². The monoisotopic (exact) mass is 504 g/mol. The van der Waals surface area contributed by atoms with E-state index < -0.39 is 6.10 Å². The number of anilines is 1. The molecule has 0 saturated carbocycles. The number of carbonyl (C=O) groups is 1. The van der Waals surface area contributed by atoms with E-state index in [9.17, 15) is 14.3 Å². The third-order valence-corrected chi connectivity index (χ3v) is 6.76. The van der Waals surface area contributed by atoms with Crippen molar-refractivity contribution in [2.75, 3.05) is 25.0 Å². The molecule has 0 unspecified atom stereocenters. The molecule has 2 aliphatic rings. The summed E-state index contributed by atoms with van der Waals surface area (Å²) in [6.45, 7) is 9.64. The molecular formula is C27H29FN6O3. The number of amides is 1. The van der Waals surface area contributed by atoms with Gasteiger partial charge in [0.05, 0.1) is 35.9 Å². The van der Waals surface area contributed by atoms with Crippen molar-refractivity contribution in [3.05, 3.63) is 77.3 Å². The van der Waals surface area contributed by atoms with Gasteiger partial charge in [-0.15, -0.1) is 0 Å². The number of allylic oxidation sites excluding steroid dienone is 3. The molecule has 5 rings (SSSR count). The van der Waals surface area contributed by atoms with E-state index in [2.05, 4.69) is 32.2 Å². The minimum absolute atomic E-state index is 0.188. The lowest BCUT2D eigenvalue weighted by atomic mass is 9.99. The molecule has 0 aliphatic carbocycles. The highest BCUT2D eigenvalue weighted by molar-refractivity contribution is 6.05. The Bertz CT molecular complexity index is 1430. The molecule has 1 amide bonds. The Labute approximate surface area is 214 Å². The second-order valence-electron chi connectivity index (χ2n) is 9.15. The van der Waals surface area contributed by atoms with Gasteiger partial charge in [-0.2, -0.15) is 0 Å². The molecule has 2 aliphatic heterocycles. The van der Waals surface area contributed by atoms with Crippen molar-refractivity contribution in [1.82, 2.24) is 19.6 Å². The normalized spacial score (nSPS) is 19.1. The summed E-state index contributed by atoms with van der Waals surface area (Å²) in [5.41, 5.74) is 5.06. The number of nitrogens with one attached hydrogen (secondary N) is 2. The lowest BCUT2D eigenvalue weighted by Gasteiger charge is -2.36. The topological polar surface area (TPSA) is 103 Å². The number of aliphatic imine (C=N–C) groups is 1. The van der Waals surface area contributed by atoms with Crippen LogP contribution in [-0.2, 0) is 11.3 Å². The van der Waals surface area contributed by atoms with E-state index in [1.54, 1.807) is 29.8 Å². The molecule has 1 saturated heterocycles. The minimum Gasteiger partial charge on any atom is -0.391 e. The van der Waals surface area contributed by atoms with Gasteiger partial charge in [-0.1, -0.05) is 6.07 Å². The maximum atomic E-state index is 13.6. The van der Waals surface area contributed by atoms with E-state index in [4.69, 9.17) is 4.74 Å². The quantitative estimate of drug-likeness (QED) is 0.337. The zero-order valence-electron chi connectivity index (χ0n) is 20.7. The number of carbonyl (C=O) groups excluding carboxylic acids is 1. The molecule has 3 aromatic rings. The number of aromatic nitrogens is 2.